The van der Waals surface area contributed by atoms with Crippen LogP contribution in [0.25, 0.3) is 0 Å². The van der Waals surface area contributed by atoms with E-state index in [1.807, 2.05) is 0 Å². The average molecular weight is 432 g/mol. The third kappa shape index (κ3) is 3.84. The molecule has 5 nitrogen and oxygen atoms in total. The second-order valence-corrected chi connectivity index (χ2v) is 11.8. The van der Waals surface area contributed by atoms with E-state index in [0.717, 1.165) is 70.2 Å². The molecule has 1 spiro atoms. The first kappa shape index (κ1) is 19.8. The lowest BCUT2D eigenvalue weighted by Gasteiger charge is -2.49. The molecule has 9 heteroatoms. The molecule has 2 saturated carbocycles. The summed E-state index contributed by atoms with van der Waals surface area (Å²) in [6, 6.07) is 1.90. The maximum Gasteiger partial charge on any atom is 0.435 e. The van der Waals surface area contributed by atoms with Crippen molar-refractivity contribution in [1.29, 1.82) is 0 Å². The van der Waals surface area contributed by atoms with Crippen LogP contribution in [0.5, 0.6) is 0 Å². The van der Waals surface area contributed by atoms with Crippen LogP contribution < -0.4 is 0 Å². The largest absolute Gasteiger partial charge is 0.435 e. The summed E-state index contributed by atoms with van der Waals surface area (Å²) in [4.78, 5) is 2.49. The molecule has 29 heavy (non-hydrogen) atoms. The highest BCUT2D eigenvalue weighted by Crippen LogP contribution is 2.45. The van der Waals surface area contributed by atoms with E-state index < -0.39 is 21.7 Å². The smallest absolute Gasteiger partial charge is 0.300 e. The highest BCUT2D eigenvalue weighted by molar-refractivity contribution is 7.92. The van der Waals surface area contributed by atoms with Gasteiger partial charge in [-0.25, -0.2) is 8.42 Å². The molecule has 0 radical (unpaired) electrons. The second kappa shape index (κ2) is 6.70. The standard InChI is InChI=1S/C20H28F3N3O2S/c21-20(22,23)18-11-17(26(24-18)16-5-6-16)14-1-3-15(4-2-14)25-9-7-19(8-10-25)12-29(27,28)13-19/h11,14-16H,1-10,12-13H2. The SMILES string of the molecule is O=S1(=O)CC2(CCN(C3CCC(c4cc(C(F)(F)F)nn4C4CC4)CC3)CC2)C1. The maximum absolute atomic E-state index is 13.2. The minimum Gasteiger partial charge on any atom is -0.300 e. The summed E-state index contributed by atoms with van der Waals surface area (Å²) in [7, 11) is -2.79. The molecular weight excluding hydrogens is 403 g/mol. The number of aromatic nitrogens is 2. The fourth-order valence-electron chi connectivity index (χ4n) is 5.74. The van der Waals surface area contributed by atoms with E-state index in [1.165, 1.54) is 6.07 Å². The van der Waals surface area contributed by atoms with Gasteiger partial charge in [0.15, 0.2) is 15.5 Å². The molecule has 2 aliphatic carbocycles. The van der Waals surface area contributed by atoms with Crippen LogP contribution in [0.3, 0.4) is 0 Å². The number of likely N-dealkylation sites (tertiary alicyclic amines) is 1. The Morgan fingerprint density at radius 3 is 2.07 bits per heavy atom. The highest BCUT2D eigenvalue weighted by atomic mass is 32.2. The quantitative estimate of drug-likeness (QED) is 0.731. The van der Waals surface area contributed by atoms with E-state index in [4.69, 9.17) is 0 Å². The fraction of sp³-hybridized carbons (Fsp3) is 0.850. The van der Waals surface area contributed by atoms with Crippen LogP contribution in [0.4, 0.5) is 13.2 Å². The van der Waals surface area contributed by atoms with Gasteiger partial charge in [0.2, 0.25) is 0 Å². The van der Waals surface area contributed by atoms with Crippen molar-refractivity contribution in [1.82, 2.24) is 14.7 Å². The van der Waals surface area contributed by atoms with Crippen molar-refractivity contribution < 1.29 is 21.6 Å². The summed E-state index contributed by atoms with van der Waals surface area (Å²) in [6.07, 6.45) is 3.15. The molecule has 1 aromatic rings. The molecule has 2 aliphatic heterocycles. The van der Waals surface area contributed by atoms with Crippen molar-refractivity contribution in [2.75, 3.05) is 24.6 Å². The van der Waals surface area contributed by atoms with Crippen molar-refractivity contribution in [3.05, 3.63) is 17.5 Å². The van der Waals surface area contributed by atoms with Gasteiger partial charge in [-0.2, -0.15) is 18.3 Å². The number of hydrogen-bond acceptors (Lipinski definition) is 4. The molecule has 5 rings (SSSR count). The fourth-order valence-corrected chi connectivity index (χ4v) is 8.10. The van der Waals surface area contributed by atoms with Gasteiger partial charge in [-0.15, -0.1) is 0 Å². The lowest BCUT2D eigenvalue weighted by atomic mass is 9.78. The first-order chi connectivity index (χ1) is 13.6. The van der Waals surface area contributed by atoms with Gasteiger partial charge in [0.25, 0.3) is 0 Å². The number of sulfone groups is 1. The van der Waals surface area contributed by atoms with Crippen molar-refractivity contribution in [3.8, 4) is 0 Å². The van der Waals surface area contributed by atoms with Gasteiger partial charge in [0.1, 0.15) is 0 Å². The Morgan fingerprint density at radius 1 is 0.966 bits per heavy atom. The number of alkyl halides is 3. The van der Waals surface area contributed by atoms with Crippen LogP contribution in [0.1, 0.15) is 74.7 Å². The van der Waals surface area contributed by atoms with E-state index in [2.05, 4.69) is 10.00 Å². The van der Waals surface area contributed by atoms with E-state index in [-0.39, 0.29) is 17.4 Å². The molecule has 0 bridgehead atoms. The van der Waals surface area contributed by atoms with Crippen molar-refractivity contribution in [2.24, 2.45) is 5.41 Å². The van der Waals surface area contributed by atoms with Crippen LogP contribution in [0, 0.1) is 5.41 Å². The molecular formula is C20H28F3N3O2S. The van der Waals surface area contributed by atoms with Gasteiger partial charge >= 0.3 is 6.18 Å². The van der Waals surface area contributed by atoms with Crippen molar-refractivity contribution in [2.45, 2.75) is 75.5 Å². The summed E-state index contributed by atoms with van der Waals surface area (Å²) >= 11 is 0. The zero-order chi connectivity index (χ0) is 20.4. The molecule has 0 atom stereocenters. The maximum atomic E-state index is 13.2. The normalized spacial score (nSPS) is 32.2. The minimum absolute atomic E-state index is 0.0251. The first-order valence-electron chi connectivity index (χ1n) is 10.8. The summed E-state index contributed by atoms with van der Waals surface area (Å²) in [6.45, 7) is 1.90. The van der Waals surface area contributed by atoms with E-state index in [9.17, 15) is 21.6 Å². The van der Waals surface area contributed by atoms with Crippen molar-refractivity contribution >= 4 is 9.84 Å². The number of piperidine rings is 1. The van der Waals surface area contributed by atoms with Crippen LogP contribution in [0.15, 0.2) is 6.07 Å². The lowest BCUT2D eigenvalue weighted by Crippen LogP contribution is -2.56. The predicted octanol–water partition coefficient (Wildman–Crippen LogP) is 3.77. The second-order valence-electron chi connectivity index (χ2n) is 9.70. The van der Waals surface area contributed by atoms with Gasteiger partial charge in [-0.05, 0) is 70.5 Å². The van der Waals surface area contributed by atoms with Crippen LogP contribution in [-0.4, -0.2) is 53.7 Å². The summed E-state index contributed by atoms with van der Waals surface area (Å²) in [5, 5.41) is 3.90. The van der Waals surface area contributed by atoms with E-state index >= 15 is 0 Å². The minimum atomic E-state index is -4.38. The number of hydrogen-bond donors (Lipinski definition) is 0. The summed E-state index contributed by atoms with van der Waals surface area (Å²) in [5.41, 5.74) is 0.0472. The van der Waals surface area contributed by atoms with E-state index in [1.54, 1.807) is 4.68 Å². The monoisotopic (exact) mass is 431 g/mol. The van der Waals surface area contributed by atoms with Gasteiger partial charge in [-0.1, -0.05) is 0 Å². The third-order valence-corrected chi connectivity index (χ3v) is 9.59. The molecule has 4 aliphatic rings. The Bertz CT molecular complexity index is 861. The Hall–Kier alpha value is -1.09. The molecule has 0 unspecified atom stereocenters. The third-order valence-electron chi connectivity index (χ3n) is 7.49. The Labute approximate surface area is 169 Å². The highest BCUT2D eigenvalue weighted by Gasteiger charge is 2.50. The number of halogens is 3. The molecule has 0 amide bonds. The molecule has 1 aromatic heterocycles. The zero-order valence-electron chi connectivity index (χ0n) is 16.5. The van der Waals surface area contributed by atoms with E-state index in [0.29, 0.717) is 17.5 Å². The lowest BCUT2D eigenvalue weighted by molar-refractivity contribution is -0.141. The van der Waals surface area contributed by atoms with Crippen LogP contribution >= 0.6 is 0 Å². The molecule has 4 fully saturated rings. The van der Waals surface area contributed by atoms with Crippen LogP contribution in [0.2, 0.25) is 0 Å². The van der Waals surface area contributed by atoms with Gasteiger partial charge in [0, 0.05) is 23.1 Å². The number of nitrogens with zero attached hydrogens (tertiary/aromatic N) is 3. The molecule has 3 heterocycles. The average Bonchev–Trinajstić information content (AvgIpc) is 3.38. The molecule has 162 valence electrons. The van der Waals surface area contributed by atoms with Gasteiger partial charge < -0.3 is 4.90 Å². The Morgan fingerprint density at radius 2 is 1.55 bits per heavy atom. The first-order valence-corrected chi connectivity index (χ1v) is 12.6. The van der Waals surface area contributed by atoms with Gasteiger partial charge in [-0.3, -0.25) is 4.68 Å². The number of rotatable bonds is 3. The molecule has 0 aromatic carbocycles. The Kier molecular flexibility index (Phi) is 4.59. The predicted molar refractivity (Wildman–Crippen MR) is 102 cm³/mol. The van der Waals surface area contributed by atoms with Crippen molar-refractivity contribution in [3.63, 3.8) is 0 Å². The summed E-state index contributed by atoms with van der Waals surface area (Å²) in [5.74, 6) is 0.865. The zero-order valence-corrected chi connectivity index (χ0v) is 17.3. The Balaban J connectivity index is 1.20. The molecule has 0 N–H and O–H groups in total. The topological polar surface area (TPSA) is 55.2 Å². The van der Waals surface area contributed by atoms with Crippen LogP contribution in [-0.2, 0) is 16.0 Å². The van der Waals surface area contributed by atoms with Gasteiger partial charge in [0.05, 0.1) is 17.5 Å². The molecule has 2 saturated heterocycles. The summed E-state index contributed by atoms with van der Waals surface area (Å²) < 4.78 is 64.3.